The molecular formula is C12H19NO3S. The van der Waals surface area contributed by atoms with Crippen LogP contribution in [0.15, 0.2) is 24.3 Å². The van der Waals surface area contributed by atoms with E-state index in [0.717, 1.165) is 5.56 Å². The Hall–Kier alpha value is -1.07. The van der Waals surface area contributed by atoms with E-state index in [9.17, 15) is 13.5 Å². The van der Waals surface area contributed by atoms with E-state index in [1.807, 2.05) is 12.1 Å². The first-order valence-electron chi connectivity index (χ1n) is 5.73. The highest BCUT2D eigenvalue weighted by Gasteiger charge is 2.06. The third kappa shape index (κ3) is 5.19. The van der Waals surface area contributed by atoms with Gasteiger partial charge in [0.05, 0.1) is 5.75 Å². The van der Waals surface area contributed by atoms with Crippen molar-refractivity contribution in [3.05, 3.63) is 29.8 Å². The van der Waals surface area contributed by atoms with Crippen molar-refractivity contribution in [1.82, 2.24) is 5.32 Å². The van der Waals surface area contributed by atoms with Crippen LogP contribution in [0.25, 0.3) is 0 Å². The molecule has 0 aliphatic rings. The number of hydrogen-bond acceptors (Lipinski definition) is 4. The molecule has 5 heteroatoms. The van der Waals surface area contributed by atoms with Gasteiger partial charge in [-0.3, -0.25) is 0 Å². The number of phenolic OH excluding ortho intramolecular Hbond substituents is 1. The van der Waals surface area contributed by atoms with Gasteiger partial charge in [0.25, 0.3) is 0 Å². The molecule has 2 N–H and O–H groups in total. The van der Waals surface area contributed by atoms with Gasteiger partial charge < -0.3 is 10.4 Å². The fourth-order valence-corrected chi connectivity index (χ4v) is 2.32. The quantitative estimate of drug-likeness (QED) is 0.723. The number of hydrogen-bond donors (Lipinski definition) is 2. The maximum absolute atomic E-state index is 11.2. The van der Waals surface area contributed by atoms with E-state index in [1.165, 1.54) is 0 Å². The van der Waals surface area contributed by atoms with E-state index in [1.54, 1.807) is 19.1 Å². The lowest BCUT2D eigenvalue weighted by molar-refractivity contribution is 0.464. The summed E-state index contributed by atoms with van der Waals surface area (Å²) in [6.45, 7) is 2.84. The van der Waals surface area contributed by atoms with Crippen LogP contribution in [0.4, 0.5) is 0 Å². The summed E-state index contributed by atoms with van der Waals surface area (Å²) in [5.74, 6) is 0.685. The molecule has 1 aromatic rings. The standard InChI is InChI=1S/C12H19NO3S/c1-2-17(15,16)9-5-8-13-10-11-6-3-4-7-12(11)14/h3-4,6-7,13-14H,2,5,8-10H2,1H3. The molecule has 0 amide bonds. The molecule has 0 aliphatic heterocycles. The predicted molar refractivity (Wildman–Crippen MR) is 68.8 cm³/mol. The molecule has 1 aromatic carbocycles. The number of aromatic hydroxyl groups is 1. The minimum atomic E-state index is -2.86. The zero-order chi connectivity index (χ0) is 12.7. The van der Waals surface area contributed by atoms with Crippen LogP contribution in [0.1, 0.15) is 18.9 Å². The van der Waals surface area contributed by atoms with Gasteiger partial charge >= 0.3 is 0 Å². The molecule has 4 nitrogen and oxygen atoms in total. The topological polar surface area (TPSA) is 66.4 Å². The van der Waals surface area contributed by atoms with Crippen molar-refractivity contribution in [1.29, 1.82) is 0 Å². The SMILES string of the molecule is CCS(=O)(=O)CCCNCc1ccccc1O. The van der Waals surface area contributed by atoms with Crippen LogP contribution in [-0.4, -0.2) is 31.6 Å². The van der Waals surface area contributed by atoms with Crippen molar-refractivity contribution < 1.29 is 13.5 Å². The summed E-state index contributed by atoms with van der Waals surface area (Å²) in [5.41, 5.74) is 0.825. The van der Waals surface area contributed by atoms with Crippen molar-refractivity contribution in [2.24, 2.45) is 0 Å². The summed E-state index contributed by atoms with van der Waals surface area (Å²) >= 11 is 0. The largest absolute Gasteiger partial charge is 0.508 e. The summed E-state index contributed by atoms with van der Waals surface area (Å²) < 4.78 is 22.4. The highest BCUT2D eigenvalue weighted by molar-refractivity contribution is 7.91. The molecule has 0 saturated carbocycles. The second kappa shape index (κ2) is 6.61. The number of para-hydroxylation sites is 1. The predicted octanol–water partition coefficient (Wildman–Crippen LogP) is 1.31. The van der Waals surface area contributed by atoms with Crippen molar-refractivity contribution in [2.75, 3.05) is 18.1 Å². The molecule has 0 fully saturated rings. The molecule has 0 aromatic heterocycles. The molecule has 0 heterocycles. The van der Waals surface area contributed by atoms with Gasteiger partial charge in [-0.15, -0.1) is 0 Å². The molecule has 0 radical (unpaired) electrons. The van der Waals surface area contributed by atoms with Crippen LogP contribution in [0, 0.1) is 0 Å². The van der Waals surface area contributed by atoms with Crippen molar-refractivity contribution in [3.8, 4) is 5.75 Å². The second-order valence-corrected chi connectivity index (χ2v) is 6.37. The molecule has 0 bridgehead atoms. The van der Waals surface area contributed by atoms with E-state index in [2.05, 4.69) is 5.32 Å². The van der Waals surface area contributed by atoms with Gasteiger partial charge in [0.2, 0.25) is 0 Å². The number of sulfone groups is 1. The van der Waals surface area contributed by atoms with Crippen LogP contribution in [-0.2, 0) is 16.4 Å². The lowest BCUT2D eigenvalue weighted by Crippen LogP contribution is -2.19. The third-order valence-corrected chi connectivity index (χ3v) is 4.35. The highest BCUT2D eigenvalue weighted by atomic mass is 32.2. The van der Waals surface area contributed by atoms with Crippen LogP contribution in [0.2, 0.25) is 0 Å². The van der Waals surface area contributed by atoms with Crippen LogP contribution in [0.3, 0.4) is 0 Å². The molecule has 0 spiro atoms. The molecule has 1 rings (SSSR count). The van der Waals surface area contributed by atoms with Gasteiger partial charge in [-0.05, 0) is 19.0 Å². The Morgan fingerprint density at radius 1 is 1.29 bits per heavy atom. The molecule has 0 unspecified atom stereocenters. The van der Waals surface area contributed by atoms with E-state index >= 15 is 0 Å². The maximum Gasteiger partial charge on any atom is 0.150 e. The molecular weight excluding hydrogens is 238 g/mol. The van der Waals surface area contributed by atoms with E-state index in [4.69, 9.17) is 0 Å². The van der Waals surface area contributed by atoms with Crippen molar-refractivity contribution >= 4 is 9.84 Å². The third-order valence-electron chi connectivity index (χ3n) is 2.56. The summed E-state index contributed by atoms with van der Waals surface area (Å²) in [7, 11) is -2.86. The first-order valence-corrected chi connectivity index (χ1v) is 7.55. The van der Waals surface area contributed by atoms with Gasteiger partial charge in [0.15, 0.2) is 0 Å². The Labute approximate surface area is 103 Å². The first-order chi connectivity index (χ1) is 8.05. The second-order valence-electron chi connectivity index (χ2n) is 3.90. The zero-order valence-electron chi connectivity index (χ0n) is 10.0. The van der Waals surface area contributed by atoms with Gasteiger partial charge in [0.1, 0.15) is 15.6 Å². The van der Waals surface area contributed by atoms with Gasteiger partial charge in [-0.1, -0.05) is 25.1 Å². The molecule has 0 atom stereocenters. The van der Waals surface area contributed by atoms with Gasteiger partial charge in [-0.2, -0.15) is 0 Å². The smallest absolute Gasteiger partial charge is 0.150 e. The Balaban J connectivity index is 2.24. The van der Waals surface area contributed by atoms with E-state index in [-0.39, 0.29) is 17.3 Å². The van der Waals surface area contributed by atoms with Crippen LogP contribution < -0.4 is 5.32 Å². The minimum absolute atomic E-state index is 0.201. The first kappa shape index (κ1) is 14.0. The van der Waals surface area contributed by atoms with Crippen molar-refractivity contribution in [2.45, 2.75) is 19.9 Å². The fraction of sp³-hybridized carbons (Fsp3) is 0.500. The normalized spacial score (nSPS) is 11.6. The molecule has 0 aliphatic carbocycles. The summed E-state index contributed by atoms with van der Waals surface area (Å²) in [4.78, 5) is 0. The van der Waals surface area contributed by atoms with E-state index < -0.39 is 9.84 Å². The Kier molecular flexibility index (Phi) is 5.44. The lowest BCUT2D eigenvalue weighted by atomic mass is 10.2. The summed E-state index contributed by atoms with van der Waals surface area (Å²) in [5, 5.41) is 12.6. The van der Waals surface area contributed by atoms with Crippen LogP contribution in [0.5, 0.6) is 5.75 Å². The Morgan fingerprint density at radius 2 is 2.00 bits per heavy atom. The number of nitrogens with one attached hydrogen (secondary N) is 1. The van der Waals surface area contributed by atoms with Crippen molar-refractivity contribution in [3.63, 3.8) is 0 Å². The molecule has 0 saturated heterocycles. The van der Waals surface area contributed by atoms with Crippen LogP contribution >= 0.6 is 0 Å². The average molecular weight is 257 g/mol. The van der Waals surface area contributed by atoms with E-state index in [0.29, 0.717) is 19.5 Å². The minimum Gasteiger partial charge on any atom is -0.508 e. The fourth-order valence-electron chi connectivity index (χ4n) is 1.44. The maximum atomic E-state index is 11.2. The summed E-state index contributed by atoms with van der Waals surface area (Å²) in [6.07, 6.45) is 0.601. The van der Waals surface area contributed by atoms with Gasteiger partial charge in [0, 0.05) is 17.9 Å². The summed E-state index contributed by atoms with van der Waals surface area (Å²) in [6, 6.07) is 7.11. The molecule has 96 valence electrons. The van der Waals surface area contributed by atoms with Gasteiger partial charge in [-0.25, -0.2) is 8.42 Å². The number of rotatable bonds is 7. The number of benzene rings is 1. The average Bonchev–Trinajstić information content (AvgIpc) is 2.31. The monoisotopic (exact) mass is 257 g/mol. The number of phenols is 1. The highest BCUT2D eigenvalue weighted by Crippen LogP contribution is 2.14. The Bertz CT molecular complexity index is 443. The Morgan fingerprint density at radius 3 is 2.65 bits per heavy atom. The molecule has 17 heavy (non-hydrogen) atoms. The lowest BCUT2D eigenvalue weighted by Gasteiger charge is -2.06. The zero-order valence-corrected chi connectivity index (χ0v) is 10.8.